The molecule has 162 valence electrons. The fourth-order valence-corrected chi connectivity index (χ4v) is 3.44. The van der Waals surface area contributed by atoms with Gasteiger partial charge in [-0.25, -0.2) is 4.99 Å². The van der Waals surface area contributed by atoms with Crippen LogP contribution >= 0.6 is 11.5 Å². The first-order valence-electron chi connectivity index (χ1n) is 9.86. The smallest absolute Gasteiger partial charge is 0.298 e. The Morgan fingerprint density at radius 1 is 1.23 bits per heavy atom. The van der Waals surface area contributed by atoms with E-state index in [2.05, 4.69) is 21.3 Å². The van der Waals surface area contributed by atoms with Crippen LogP contribution in [0.2, 0.25) is 0 Å². The van der Waals surface area contributed by atoms with Crippen LogP contribution in [0.15, 0.2) is 35.3 Å². The minimum absolute atomic E-state index is 0.0774. The van der Waals surface area contributed by atoms with Crippen LogP contribution in [-0.4, -0.2) is 39.1 Å². The summed E-state index contributed by atoms with van der Waals surface area (Å²) >= 11 is 1.13. The van der Waals surface area contributed by atoms with Crippen molar-refractivity contribution >= 4 is 29.2 Å². The van der Waals surface area contributed by atoms with Gasteiger partial charge in [-0.3, -0.25) is 10.1 Å². The molecule has 0 aliphatic rings. The number of aryl methyl sites for hydroxylation is 3. The Bertz CT molecular complexity index is 1130. The van der Waals surface area contributed by atoms with E-state index in [1.165, 1.54) is 0 Å². The van der Waals surface area contributed by atoms with Crippen molar-refractivity contribution in [3.8, 4) is 10.9 Å². The Hall–Kier alpha value is -3.33. The van der Waals surface area contributed by atoms with Crippen molar-refractivity contribution in [2.24, 2.45) is 4.99 Å². The van der Waals surface area contributed by atoms with Gasteiger partial charge < -0.3 is 9.64 Å². The Morgan fingerprint density at radius 3 is 2.71 bits per heavy atom. The van der Waals surface area contributed by atoms with Gasteiger partial charge in [0.25, 0.3) is 10.9 Å². The molecular weight excluding hydrogens is 414 g/mol. The second kappa shape index (κ2) is 9.65. The first kappa shape index (κ1) is 22.4. The number of nitrogens with zero attached hydrogens (tertiary/aromatic N) is 5. The Morgan fingerprint density at radius 2 is 2.00 bits per heavy atom. The van der Waals surface area contributed by atoms with Gasteiger partial charge in [-0.2, -0.15) is 9.36 Å². The van der Waals surface area contributed by atoms with Gasteiger partial charge in [0.1, 0.15) is 5.75 Å². The average molecular weight is 440 g/mol. The minimum atomic E-state index is -0.374. The normalized spacial score (nSPS) is 11.1. The van der Waals surface area contributed by atoms with Gasteiger partial charge in [-0.15, -0.1) is 0 Å². The molecule has 0 fully saturated rings. The van der Waals surface area contributed by atoms with E-state index >= 15 is 0 Å². The van der Waals surface area contributed by atoms with E-state index in [4.69, 9.17) is 4.74 Å². The Kier molecular flexibility index (Phi) is 6.96. The molecule has 0 N–H and O–H groups in total. The van der Waals surface area contributed by atoms with Gasteiger partial charge in [0.05, 0.1) is 16.9 Å². The van der Waals surface area contributed by atoms with Crippen LogP contribution in [0.3, 0.4) is 0 Å². The molecule has 3 aromatic rings. The third-order valence-electron chi connectivity index (χ3n) is 4.82. The summed E-state index contributed by atoms with van der Waals surface area (Å²) in [7, 11) is 1.97. The molecule has 9 heteroatoms. The number of ether oxygens (including phenoxy) is 1. The molecule has 0 atom stereocenters. The molecule has 0 saturated carbocycles. The van der Waals surface area contributed by atoms with E-state index in [9.17, 15) is 10.1 Å². The highest BCUT2D eigenvalue weighted by Crippen LogP contribution is 2.32. The van der Waals surface area contributed by atoms with Crippen LogP contribution in [-0.2, 0) is 6.42 Å². The highest BCUT2D eigenvalue weighted by atomic mass is 32.1. The zero-order valence-corrected chi connectivity index (χ0v) is 19.1. The Labute approximate surface area is 185 Å². The molecule has 0 saturated heterocycles. The number of hydrogen-bond donors (Lipinski definition) is 0. The summed E-state index contributed by atoms with van der Waals surface area (Å²) in [5.41, 5.74) is 4.30. The van der Waals surface area contributed by atoms with E-state index in [0.29, 0.717) is 22.3 Å². The van der Waals surface area contributed by atoms with E-state index in [-0.39, 0.29) is 17.0 Å². The molecule has 0 radical (unpaired) electrons. The van der Waals surface area contributed by atoms with Gasteiger partial charge in [0.2, 0.25) is 0 Å². The lowest BCUT2D eigenvalue weighted by molar-refractivity contribution is -0.385. The van der Waals surface area contributed by atoms with Crippen molar-refractivity contribution in [2.45, 2.75) is 34.1 Å². The minimum Gasteiger partial charge on any atom is -0.430 e. The lowest BCUT2D eigenvalue weighted by Crippen LogP contribution is -2.14. The van der Waals surface area contributed by atoms with Crippen molar-refractivity contribution in [3.05, 3.63) is 68.5 Å². The molecule has 31 heavy (non-hydrogen) atoms. The molecule has 1 heterocycles. The number of rotatable bonds is 8. The number of hydrogen-bond acceptors (Lipinski definition) is 7. The summed E-state index contributed by atoms with van der Waals surface area (Å²) in [6.07, 6.45) is 2.08. The zero-order valence-electron chi connectivity index (χ0n) is 18.2. The average Bonchev–Trinajstić information content (AvgIpc) is 3.17. The van der Waals surface area contributed by atoms with Crippen LogP contribution in [0.4, 0.5) is 11.4 Å². The number of aliphatic imine (C=N–C) groups is 1. The second-order valence-electron chi connectivity index (χ2n) is 7.37. The summed E-state index contributed by atoms with van der Waals surface area (Å²) in [6.45, 7) is 8.71. The predicted molar refractivity (Wildman–Crippen MR) is 123 cm³/mol. The molecule has 3 rings (SSSR count). The maximum Gasteiger partial charge on any atom is 0.298 e. The molecule has 8 nitrogen and oxygen atoms in total. The van der Waals surface area contributed by atoms with Crippen LogP contribution in [0, 0.1) is 30.9 Å². The van der Waals surface area contributed by atoms with E-state index in [1.807, 2.05) is 57.3 Å². The summed E-state index contributed by atoms with van der Waals surface area (Å²) in [6, 6.07) is 9.06. The molecule has 0 aliphatic heterocycles. The fourth-order valence-electron chi connectivity index (χ4n) is 2.87. The topological polar surface area (TPSA) is 93.8 Å². The molecule has 0 bridgehead atoms. The Balaban J connectivity index is 1.77. The zero-order chi connectivity index (χ0) is 22.5. The van der Waals surface area contributed by atoms with Gasteiger partial charge in [-0.05, 0) is 56.5 Å². The van der Waals surface area contributed by atoms with Crippen molar-refractivity contribution in [1.82, 2.24) is 14.3 Å². The standard InChI is InChI=1S/C22H25N5O3S/c1-6-26(5)13-23-18-10-16(4)20(11-15(18)3)30-22-24-21(25-31-22)12-17-8-7-14(2)9-19(17)27(28)29/h7-11,13H,6,12H2,1-5H3. The van der Waals surface area contributed by atoms with Crippen molar-refractivity contribution < 1.29 is 9.66 Å². The van der Waals surface area contributed by atoms with Crippen molar-refractivity contribution in [1.29, 1.82) is 0 Å². The second-order valence-corrected chi connectivity index (χ2v) is 8.08. The predicted octanol–water partition coefficient (Wildman–Crippen LogP) is 5.37. The summed E-state index contributed by atoms with van der Waals surface area (Å²) in [5.74, 6) is 1.18. The largest absolute Gasteiger partial charge is 0.430 e. The van der Waals surface area contributed by atoms with Crippen molar-refractivity contribution in [3.63, 3.8) is 0 Å². The van der Waals surface area contributed by atoms with E-state index < -0.39 is 0 Å². The van der Waals surface area contributed by atoms with Crippen molar-refractivity contribution in [2.75, 3.05) is 13.6 Å². The highest BCUT2D eigenvalue weighted by Gasteiger charge is 2.17. The molecule has 0 amide bonds. The quantitative estimate of drug-likeness (QED) is 0.203. The fraction of sp³-hybridized carbons (Fsp3) is 0.318. The van der Waals surface area contributed by atoms with E-state index in [1.54, 1.807) is 12.1 Å². The number of nitro groups is 1. The van der Waals surface area contributed by atoms with E-state index in [0.717, 1.165) is 40.5 Å². The maximum atomic E-state index is 11.3. The van der Waals surface area contributed by atoms with Gasteiger partial charge in [0, 0.05) is 43.2 Å². The lowest BCUT2D eigenvalue weighted by atomic mass is 10.1. The molecule has 2 aromatic carbocycles. The lowest BCUT2D eigenvalue weighted by Gasteiger charge is -2.11. The number of nitro benzene ring substituents is 1. The molecule has 0 aliphatic carbocycles. The first-order valence-corrected chi connectivity index (χ1v) is 10.6. The van der Waals surface area contributed by atoms with Crippen LogP contribution in [0.1, 0.15) is 35.0 Å². The first-order chi connectivity index (χ1) is 14.8. The summed E-state index contributed by atoms with van der Waals surface area (Å²) in [5, 5.41) is 11.7. The van der Waals surface area contributed by atoms with Gasteiger partial charge >= 0.3 is 0 Å². The third-order valence-corrected chi connectivity index (χ3v) is 5.45. The van der Waals surface area contributed by atoms with Gasteiger partial charge in [0.15, 0.2) is 5.82 Å². The summed E-state index contributed by atoms with van der Waals surface area (Å²) in [4.78, 5) is 21.9. The highest BCUT2D eigenvalue weighted by molar-refractivity contribution is 7.07. The van der Waals surface area contributed by atoms with Crippen LogP contribution in [0.5, 0.6) is 10.9 Å². The van der Waals surface area contributed by atoms with Crippen LogP contribution in [0.25, 0.3) is 0 Å². The SMILES string of the molecule is CCN(C)C=Nc1cc(C)c(Oc2nc(Cc3ccc(C)cc3[N+](=O)[O-])ns2)cc1C. The molecule has 1 aromatic heterocycles. The maximum absolute atomic E-state index is 11.3. The third kappa shape index (κ3) is 5.64. The number of aromatic nitrogens is 2. The van der Waals surface area contributed by atoms with Gasteiger partial charge in [-0.1, -0.05) is 12.1 Å². The molecule has 0 spiro atoms. The monoisotopic (exact) mass is 439 g/mol. The molecule has 0 unspecified atom stereocenters. The molecular formula is C22H25N5O3S. The summed E-state index contributed by atoms with van der Waals surface area (Å²) < 4.78 is 10.3. The van der Waals surface area contributed by atoms with Crippen LogP contribution < -0.4 is 4.74 Å². The number of benzene rings is 2.